The number of aliphatic hydroxyl groups excluding tert-OH is 1. The Morgan fingerprint density at radius 3 is 2.36 bits per heavy atom. The first-order valence-corrected chi connectivity index (χ1v) is 5.96. The molecule has 1 aliphatic carbocycles. The molecule has 1 heterocycles. The molecule has 0 bridgehead atoms. The van der Waals surface area contributed by atoms with Crippen LogP contribution in [-0.2, 0) is 0 Å². The minimum Gasteiger partial charge on any atom is -0.392 e. The van der Waals surface area contributed by atoms with Crippen LogP contribution in [0.4, 0.5) is 0 Å². The van der Waals surface area contributed by atoms with Crippen LogP contribution in [0, 0.1) is 23.2 Å². The Morgan fingerprint density at radius 1 is 1.14 bits per heavy atom. The average molecular weight is 197 g/mol. The lowest BCUT2D eigenvalue weighted by molar-refractivity contribution is -0.0755. The molecular weight excluding hydrogens is 174 g/mol. The van der Waals surface area contributed by atoms with E-state index in [1.54, 1.807) is 0 Å². The topological polar surface area (TPSA) is 32.3 Å². The van der Waals surface area contributed by atoms with Crippen LogP contribution in [0.15, 0.2) is 0 Å². The van der Waals surface area contributed by atoms with Crippen LogP contribution in [0.5, 0.6) is 0 Å². The summed E-state index contributed by atoms with van der Waals surface area (Å²) in [5.74, 6) is 1.98. The van der Waals surface area contributed by atoms with E-state index in [0.29, 0.717) is 17.8 Å². The summed E-state index contributed by atoms with van der Waals surface area (Å²) in [5.41, 5.74) is 0.173. The van der Waals surface area contributed by atoms with Crippen LogP contribution < -0.4 is 5.32 Å². The second-order valence-electron chi connectivity index (χ2n) is 5.64. The molecule has 2 rings (SSSR count). The smallest absolute Gasteiger partial charge is 0.0616 e. The Labute approximate surface area is 87.1 Å². The first-order chi connectivity index (χ1) is 6.57. The van der Waals surface area contributed by atoms with Gasteiger partial charge in [0.1, 0.15) is 0 Å². The van der Waals surface area contributed by atoms with Crippen LogP contribution in [-0.4, -0.2) is 24.3 Å². The van der Waals surface area contributed by atoms with Gasteiger partial charge in [0.25, 0.3) is 0 Å². The standard InChI is InChI=1S/C12H23NO/c1-8-4-9(2)12(11(14)5-8)7-13-6-10(12)3/h8-11,13-14H,4-7H2,1-3H3. The van der Waals surface area contributed by atoms with Gasteiger partial charge in [-0.15, -0.1) is 0 Å². The van der Waals surface area contributed by atoms with E-state index in [1.807, 2.05) is 0 Å². The van der Waals surface area contributed by atoms with Crippen molar-refractivity contribution in [3.63, 3.8) is 0 Å². The van der Waals surface area contributed by atoms with Crippen molar-refractivity contribution in [2.24, 2.45) is 23.2 Å². The SMILES string of the molecule is CC1CC(C)C2(CNCC2C)C(O)C1. The fraction of sp³-hybridized carbons (Fsp3) is 1.00. The molecule has 0 aromatic carbocycles. The highest BCUT2D eigenvalue weighted by Crippen LogP contribution is 2.49. The van der Waals surface area contributed by atoms with Gasteiger partial charge in [-0.25, -0.2) is 0 Å². The van der Waals surface area contributed by atoms with Crippen molar-refractivity contribution >= 4 is 0 Å². The third kappa shape index (κ3) is 1.31. The lowest BCUT2D eigenvalue weighted by Crippen LogP contribution is -2.50. The molecular formula is C12H23NO. The second kappa shape index (κ2) is 3.49. The van der Waals surface area contributed by atoms with Gasteiger partial charge >= 0.3 is 0 Å². The molecule has 1 saturated carbocycles. The number of hydrogen-bond acceptors (Lipinski definition) is 2. The van der Waals surface area contributed by atoms with Gasteiger partial charge in [-0.2, -0.15) is 0 Å². The maximum absolute atomic E-state index is 10.3. The molecule has 0 aromatic rings. The second-order valence-corrected chi connectivity index (χ2v) is 5.64. The molecule has 82 valence electrons. The Hall–Kier alpha value is -0.0800. The number of hydrogen-bond donors (Lipinski definition) is 2. The van der Waals surface area contributed by atoms with Gasteiger partial charge in [0, 0.05) is 12.0 Å². The highest BCUT2D eigenvalue weighted by molar-refractivity contribution is 5.03. The average Bonchev–Trinajstić information content (AvgIpc) is 2.45. The molecule has 0 amide bonds. The first-order valence-electron chi connectivity index (χ1n) is 5.96. The van der Waals surface area contributed by atoms with Crippen LogP contribution in [0.2, 0.25) is 0 Å². The van der Waals surface area contributed by atoms with Gasteiger partial charge in [-0.1, -0.05) is 20.8 Å². The summed E-state index contributed by atoms with van der Waals surface area (Å²) in [4.78, 5) is 0. The Morgan fingerprint density at radius 2 is 1.86 bits per heavy atom. The molecule has 2 nitrogen and oxygen atoms in total. The van der Waals surface area contributed by atoms with E-state index in [2.05, 4.69) is 26.1 Å². The summed E-state index contributed by atoms with van der Waals surface area (Å²) in [6.45, 7) is 8.97. The molecule has 14 heavy (non-hydrogen) atoms. The Bertz CT molecular complexity index is 204. The minimum absolute atomic E-state index is 0.0914. The van der Waals surface area contributed by atoms with Crippen molar-refractivity contribution in [3.8, 4) is 0 Å². The van der Waals surface area contributed by atoms with Gasteiger partial charge in [0.15, 0.2) is 0 Å². The molecule has 2 fully saturated rings. The van der Waals surface area contributed by atoms with Gasteiger partial charge < -0.3 is 10.4 Å². The summed E-state index contributed by atoms with van der Waals surface area (Å²) in [5, 5.41) is 13.8. The quantitative estimate of drug-likeness (QED) is 0.619. The van der Waals surface area contributed by atoms with Crippen molar-refractivity contribution in [2.45, 2.75) is 39.7 Å². The minimum atomic E-state index is -0.0914. The predicted octanol–water partition coefficient (Wildman–Crippen LogP) is 1.64. The van der Waals surface area contributed by atoms with Gasteiger partial charge in [-0.3, -0.25) is 0 Å². The van der Waals surface area contributed by atoms with E-state index >= 15 is 0 Å². The Kier molecular flexibility index (Phi) is 2.61. The van der Waals surface area contributed by atoms with Crippen LogP contribution in [0.1, 0.15) is 33.6 Å². The molecule has 2 N–H and O–H groups in total. The van der Waals surface area contributed by atoms with Gasteiger partial charge in [0.2, 0.25) is 0 Å². The summed E-state index contributed by atoms with van der Waals surface area (Å²) >= 11 is 0. The third-order valence-corrected chi connectivity index (χ3v) is 4.72. The number of aliphatic hydroxyl groups is 1. The Balaban J connectivity index is 2.23. The van der Waals surface area contributed by atoms with Crippen LogP contribution >= 0.6 is 0 Å². The van der Waals surface area contributed by atoms with Gasteiger partial charge in [-0.05, 0) is 37.1 Å². The summed E-state index contributed by atoms with van der Waals surface area (Å²) in [7, 11) is 0. The maximum Gasteiger partial charge on any atom is 0.0616 e. The highest BCUT2D eigenvalue weighted by Gasteiger charge is 2.52. The van der Waals surface area contributed by atoms with Crippen LogP contribution in [0.25, 0.3) is 0 Å². The van der Waals surface area contributed by atoms with E-state index < -0.39 is 0 Å². The fourth-order valence-electron chi connectivity index (χ4n) is 3.82. The van der Waals surface area contributed by atoms with Crippen LogP contribution in [0.3, 0.4) is 0 Å². The molecule has 5 unspecified atom stereocenters. The molecule has 1 aliphatic heterocycles. The lowest BCUT2D eigenvalue weighted by atomic mass is 9.58. The molecule has 1 spiro atoms. The number of rotatable bonds is 0. The zero-order valence-electron chi connectivity index (χ0n) is 9.59. The highest BCUT2D eigenvalue weighted by atomic mass is 16.3. The fourth-order valence-corrected chi connectivity index (χ4v) is 3.82. The van der Waals surface area contributed by atoms with E-state index in [4.69, 9.17) is 0 Å². The van der Waals surface area contributed by atoms with Gasteiger partial charge in [0.05, 0.1) is 6.10 Å². The van der Waals surface area contributed by atoms with Crippen molar-refractivity contribution in [3.05, 3.63) is 0 Å². The predicted molar refractivity (Wildman–Crippen MR) is 58.0 cm³/mol. The molecule has 0 aromatic heterocycles. The van der Waals surface area contributed by atoms with Crippen molar-refractivity contribution in [1.29, 1.82) is 0 Å². The van der Waals surface area contributed by atoms with Crippen molar-refractivity contribution in [2.75, 3.05) is 13.1 Å². The van der Waals surface area contributed by atoms with E-state index in [-0.39, 0.29) is 11.5 Å². The van der Waals surface area contributed by atoms with Crippen molar-refractivity contribution in [1.82, 2.24) is 5.32 Å². The zero-order valence-corrected chi connectivity index (χ0v) is 9.59. The summed E-state index contributed by atoms with van der Waals surface area (Å²) in [6, 6.07) is 0. The van der Waals surface area contributed by atoms with Crippen molar-refractivity contribution < 1.29 is 5.11 Å². The molecule has 0 radical (unpaired) electrons. The molecule has 2 aliphatic rings. The lowest BCUT2D eigenvalue weighted by Gasteiger charge is -2.48. The molecule has 2 heteroatoms. The van der Waals surface area contributed by atoms with E-state index in [0.717, 1.165) is 19.5 Å². The first kappa shape index (κ1) is 10.4. The normalized spacial score (nSPS) is 54.0. The van der Waals surface area contributed by atoms with E-state index in [9.17, 15) is 5.11 Å². The largest absolute Gasteiger partial charge is 0.392 e. The zero-order chi connectivity index (χ0) is 10.3. The monoisotopic (exact) mass is 197 g/mol. The molecule has 5 atom stereocenters. The maximum atomic E-state index is 10.3. The summed E-state index contributed by atoms with van der Waals surface area (Å²) < 4.78 is 0. The summed E-state index contributed by atoms with van der Waals surface area (Å²) in [6.07, 6.45) is 2.19. The van der Waals surface area contributed by atoms with E-state index in [1.165, 1.54) is 6.42 Å². The molecule has 1 saturated heterocycles. The third-order valence-electron chi connectivity index (χ3n) is 4.72. The number of nitrogens with one attached hydrogen (secondary N) is 1.